The molecule has 0 radical (unpaired) electrons. The maximum absolute atomic E-state index is 4.82. The molecule has 2 nitrogen and oxygen atoms in total. The SMILES string of the molecule is CC1C=CONC1C. The predicted molar refractivity (Wildman–Crippen MR) is 32.0 cm³/mol. The summed E-state index contributed by atoms with van der Waals surface area (Å²) in [5.74, 6) is 0.587. The first-order valence-electron chi connectivity index (χ1n) is 2.88. The number of hydrogen-bond donors (Lipinski definition) is 1. The van der Waals surface area contributed by atoms with Gasteiger partial charge in [-0.15, -0.1) is 0 Å². The number of hydrogen-bond acceptors (Lipinski definition) is 2. The van der Waals surface area contributed by atoms with E-state index < -0.39 is 0 Å². The van der Waals surface area contributed by atoms with Crippen molar-refractivity contribution in [1.82, 2.24) is 5.48 Å². The van der Waals surface area contributed by atoms with Crippen molar-refractivity contribution < 1.29 is 4.84 Å². The molecule has 0 aromatic carbocycles. The summed E-state index contributed by atoms with van der Waals surface area (Å²) in [5, 5.41) is 0. The highest BCUT2D eigenvalue weighted by Crippen LogP contribution is 2.07. The maximum atomic E-state index is 4.82. The average Bonchev–Trinajstić information content (AvgIpc) is 1.77. The van der Waals surface area contributed by atoms with E-state index in [4.69, 9.17) is 4.84 Å². The van der Waals surface area contributed by atoms with Crippen LogP contribution in [-0.4, -0.2) is 6.04 Å². The highest BCUT2D eigenvalue weighted by atomic mass is 16.6. The smallest absolute Gasteiger partial charge is 0.107 e. The van der Waals surface area contributed by atoms with Crippen molar-refractivity contribution >= 4 is 0 Å². The molecule has 0 saturated heterocycles. The van der Waals surface area contributed by atoms with Crippen LogP contribution in [0.15, 0.2) is 12.3 Å². The minimum atomic E-state index is 0.444. The molecule has 0 fully saturated rings. The summed E-state index contributed by atoms with van der Waals surface area (Å²) in [6.07, 6.45) is 3.73. The third kappa shape index (κ3) is 1.01. The molecule has 0 amide bonds. The van der Waals surface area contributed by atoms with Gasteiger partial charge in [-0.1, -0.05) is 6.92 Å². The van der Waals surface area contributed by atoms with Crippen LogP contribution in [0.4, 0.5) is 0 Å². The van der Waals surface area contributed by atoms with Gasteiger partial charge in [-0.3, -0.25) is 0 Å². The number of nitrogens with one attached hydrogen (secondary N) is 1. The molecule has 0 aromatic rings. The number of rotatable bonds is 0. The first kappa shape index (κ1) is 5.63. The van der Waals surface area contributed by atoms with Crippen LogP contribution >= 0.6 is 0 Å². The molecular formula is C6H11NO. The normalized spacial score (nSPS) is 36.8. The number of hydroxylamine groups is 1. The van der Waals surface area contributed by atoms with Crippen LogP contribution in [0.5, 0.6) is 0 Å². The molecule has 0 bridgehead atoms. The van der Waals surface area contributed by atoms with Gasteiger partial charge in [0.1, 0.15) is 6.26 Å². The van der Waals surface area contributed by atoms with Crippen molar-refractivity contribution in [3.8, 4) is 0 Å². The van der Waals surface area contributed by atoms with E-state index in [0.29, 0.717) is 12.0 Å². The van der Waals surface area contributed by atoms with Gasteiger partial charge in [-0.05, 0) is 18.9 Å². The van der Waals surface area contributed by atoms with Gasteiger partial charge < -0.3 is 4.84 Å². The van der Waals surface area contributed by atoms with Crippen molar-refractivity contribution in [2.45, 2.75) is 19.9 Å². The summed E-state index contributed by atoms with van der Waals surface area (Å²) in [4.78, 5) is 4.82. The van der Waals surface area contributed by atoms with E-state index >= 15 is 0 Å². The largest absolute Gasteiger partial charge is 0.417 e. The predicted octanol–water partition coefficient (Wildman–Crippen LogP) is 1.06. The molecule has 2 unspecified atom stereocenters. The summed E-state index contributed by atoms with van der Waals surface area (Å²) in [5.41, 5.74) is 2.84. The van der Waals surface area contributed by atoms with Gasteiger partial charge in [0, 0.05) is 6.04 Å². The topological polar surface area (TPSA) is 21.3 Å². The Labute approximate surface area is 49.5 Å². The summed E-state index contributed by atoms with van der Waals surface area (Å²) in [6.45, 7) is 4.24. The molecule has 0 spiro atoms. The Morgan fingerprint density at radius 1 is 1.50 bits per heavy atom. The highest BCUT2D eigenvalue weighted by molar-refractivity contribution is 4.88. The highest BCUT2D eigenvalue weighted by Gasteiger charge is 2.11. The molecule has 1 heterocycles. The second-order valence-electron chi connectivity index (χ2n) is 2.21. The fourth-order valence-corrected chi connectivity index (χ4v) is 0.584. The molecule has 1 N–H and O–H groups in total. The molecule has 0 saturated carbocycles. The van der Waals surface area contributed by atoms with Crippen LogP contribution < -0.4 is 5.48 Å². The molecular weight excluding hydrogens is 102 g/mol. The second-order valence-corrected chi connectivity index (χ2v) is 2.21. The second kappa shape index (κ2) is 2.18. The standard InChI is InChI=1S/C6H11NO/c1-5-3-4-8-7-6(5)2/h3-7H,1-2H3. The Balaban J connectivity index is 2.47. The summed E-state index contributed by atoms with van der Waals surface area (Å²) in [7, 11) is 0. The van der Waals surface area contributed by atoms with Crippen LogP contribution in [0.25, 0.3) is 0 Å². The lowest BCUT2D eigenvalue weighted by atomic mass is 10.0. The van der Waals surface area contributed by atoms with Gasteiger partial charge in [0.25, 0.3) is 0 Å². The quantitative estimate of drug-likeness (QED) is 0.507. The van der Waals surface area contributed by atoms with Crippen molar-refractivity contribution in [1.29, 1.82) is 0 Å². The van der Waals surface area contributed by atoms with Gasteiger partial charge in [-0.25, -0.2) is 0 Å². The molecule has 46 valence electrons. The molecule has 1 aliphatic heterocycles. The van der Waals surface area contributed by atoms with E-state index in [1.165, 1.54) is 0 Å². The van der Waals surface area contributed by atoms with Crippen LogP contribution in [0.1, 0.15) is 13.8 Å². The lowest BCUT2D eigenvalue weighted by Gasteiger charge is -2.20. The van der Waals surface area contributed by atoms with E-state index in [9.17, 15) is 0 Å². The minimum absolute atomic E-state index is 0.444. The molecule has 1 rings (SSSR count). The average molecular weight is 113 g/mol. The summed E-state index contributed by atoms with van der Waals surface area (Å²) < 4.78 is 0. The Morgan fingerprint density at radius 2 is 2.25 bits per heavy atom. The van der Waals surface area contributed by atoms with Gasteiger partial charge in [0.2, 0.25) is 0 Å². The fourth-order valence-electron chi connectivity index (χ4n) is 0.584. The monoisotopic (exact) mass is 113 g/mol. The van der Waals surface area contributed by atoms with Crippen LogP contribution in [0.2, 0.25) is 0 Å². The van der Waals surface area contributed by atoms with Gasteiger partial charge in [-0.2, -0.15) is 5.48 Å². The molecule has 0 aromatic heterocycles. The maximum Gasteiger partial charge on any atom is 0.107 e. The summed E-state index contributed by atoms with van der Waals surface area (Å²) in [6, 6.07) is 0.444. The zero-order valence-corrected chi connectivity index (χ0v) is 5.22. The van der Waals surface area contributed by atoms with Gasteiger partial charge in [0.15, 0.2) is 0 Å². The van der Waals surface area contributed by atoms with E-state index in [1.54, 1.807) is 6.26 Å². The van der Waals surface area contributed by atoms with Crippen molar-refractivity contribution in [2.24, 2.45) is 5.92 Å². The lowest BCUT2D eigenvalue weighted by molar-refractivity contribution is 0.0750. The zero-order chi connectivity index (χ0) is 5.98. The van der Waals surface area contributed by atoms with E-state index in [0.717, 1.165) is 0 Å². The molecule has 2 heteroatoms. The first-order valence-corrected chi connectivity index (χ1v) is 2.88. The Morgan fingerprint density at radius 3 is 2.62 bits per heavy atom. The van der Waals surface area contributed by atoms with Crippen LogP contribution in [0.3, 0.4) is 0 Å². The minimum Gasteiger partial charge on any atom is -0.417 e. The lowest BCUT2D eigenvalue weighted by Crippen LogP contribution is -2.32. The van der Waals surface area contributed by atoms with Crippen LogP contribution in [-0.2, 0) is 4.84 Å². The zero-order valence-electron chi connectivity index (χ0n) is 5.22. The summed E-state index contributed by atoms with van der Waals surface area (Å²) >= 11 is 0. The first-order chi connectivity index (χ1) is 3.80. The molecule has 2 atom stereocenters. The molecule has 0 aliphatic carbocycles. The third-order valence-corrected chi connectivity index (χ3v) is 1.49. The Kier molecular flexibility index (Phi) is 1.53. The van der Waals surface area contributed by atoms with E-state index in [2.05, 4.69) is 19.3 Å². The fraction of sp³-hybridized carbons (Fsp3) is 0.667. The van der Waals surface area contributed by atoms with Gasteiger partial charge in [0.05, 0.1) is 0 Å². The van der Waals surface area contributed by atoms with E-state index in [-0.39, 0.29) is 0 Å². The van der Waals surface area contributed by atoms with Gasteiger partial charge >= 0.3 is 0 Å². The van der Waals surface area contributed by atoms with E-state index in [1.807, 2.05) is 6.08 Å². The van der Waals surface area contributed by atoms with Crippen molar-refractivity contribution in [3.63, 3.8) is 0 Å². The molecule has 1 aliphatic rings. The molecule has 8 heavy (non-hydrogen) atoms. The third-order valence-electron chi connectivity index (χ3n) is 1.49. The Bertz CT molecular complexity index is 101. The van der Waals surface area contributed by atoms with Crippen LogP contribution in [0, 0.1) is 5.92 Å². The van der Waals surface area contributed by atoms with Crippen molar-refractivity contribution in [3.05, 3.63) is 12.3 Å². The van der Waals surface area contributed by atoms with Crippen molar-refractivity contribution in [2.75, 3.05) is 0 Å². The Hall–Kier alpha value is -0.500.